The van der Waals surface area contributed by atoms with Gasteiger partial charge in [-0.3, -0.25) is 4.90 Å². The van der Waals surface area contributed by atoms with E-state index in [4.69, 9.17) is 0 Å². The van der Waals surface area contributed by atoms with Crippen LogP contribution in [0, 0.1) is 17.7 Å². The van der Waals surface area contributed by atoms with Crippen LogP contribution in [0.15, 0.2) is 24.3 Å². The predicted octanol–water partition coefficient (Wildman–Crippen LogP) is 2.28. The molecule has 1 aromatic rings. The van der Waals surface area contributed by atoms with Crippen LogP contribution >= 0.6 is 0 Å². The van der Waals surface area contributed by atoms with Crippen molar-refractivity contribution in [2.75, 3.05) is 13.1 Å². The Hall–Kier alpha value is -0.890. The third-order valence-corrected chi connectivity index (χ3v) is 3.35. The molecular weight excluding hydrogens is 177 g/mol. The lowest BCUT2D eigenvalue weighted by molar-refractivity contribution is 0.296. The van der Waals surface area contributed by atoms with E-state index >= 15 is 0 Å². The molecule has 1 saturated heterocycles. The van der Waals surface area contributed by atoms with Gasteiger partial charge in [0, 0.05) is 19.6 Å². The lowest BCUT2D eigenvalue weighted by Crippen LogP contribution is -2.21. The van der Waals surface area contributed by atoms with E-state index in [2.05, 4.69) is 4.90 Å². The minimum absolute atomic E-state index is 0.119. The molecule has 2 unspecified atom stereocenters. The molecule has 1 saturated carbocycles. The molecule has 3 rings (SSSR count). The second-order valence-corrected chi connectivity index (χ2v) is 4.58. The largest absolute Gasteiger partial charge is 0.299 e. The Morgan fingerprint density at radius 2 is 2.07 bits per heavy atom. The zero-order chi connectivity index (χ0) is 9.54. The molecule has 1 nitrogen and oxygen atoms in total. The second kappa shape index (κ2) is 3.06. The van der Waals surface area contributed by atoms with Crippen molar-refractivity contribution < 1.29 is 4.39 Å². The first-order valence-electron chi connectivity index (χ1n) is 5.28. The van der Waals surface area contributed by atoms with Gasteiger partial charge in [-0.25, -0.2) is 4.39 Å². The first-order valence-corrected chi connectivity index (χ1v) is 5.28. The van der Waals surface area contributed by atoms with Gasteiger partial charge < -0.3 is 0 Å². The van der Waals surface area contributed by atoms with Crippen LogP contribution in [0.2, 0.25) is 0 Å². The standard InChI is InChI=1S/C12H14FN/c13-12-3-1-2-9(4-12)6-14-7-10-5-11(10)8-14/h1-4,10-11H,5-8H2. The van der Waals surface area contributed by atoms with Crippen molar-refractivity contribution in [2.45, 2.75) is 13.0 Å². The summed E-state index contributed by atoms with van der Waals surface area (Å²) in [5.74, 6) is 1.80. The lowest BCUT2D eigenvalue weighted by atomic mass is 10.2. The maximum atomic E-state index is 12.9. The summed E-state index contributed by atoms with van der Waals surface area (Å²) in [6.07, 6.45) is 1.43. The summed E-state index contributed by atoms with van der Waals surface area (Å²) in [6, 6.07) is 6.95. The molecule has 0 bridgehead atoms. The Morgan fingerprint density at radius 3 is 2.79 bits per heavy atom. The van der Waals surface area contributed by atoms with Gasteiger partial charge in [0.15, 0.2) is 0 Å². The number of hydrogen-bond acceptors (Lipinski definition) is 1. The molecule has 0 amide bonds. The Morgan fingerprint density at radius 1 is 1.29 bits per heavy atom. The minimum atomic E-state index is -0.119. The summed E-state index contributed by atoms with van der Waals surface area (Å²) in [4.78, 5) is 2.44. The number of fused-ring (bicyclic) bond motifs is 1. The van der Waals surface area contributed by atoms with Gasteiger partial charge in [-0.15, -0.1) is 0 Å². The number of benzene rings is 1. The van der Waals surface area contributed by atoms with Crippen LogP contribution in [-0.2, 0) is 6.54 Å². The molecule has 74 valence electrons. The fourth-order valence-corrected chi connectivity index (χ4v) is 2.52. The van der Waals surface area contributed by atoms with Crippen LogP contribution in [0.3, 0.4) is 0 Å². The van der Waals surface area contributed by atoms with Gasteiger partial charge in [0.25, 0.3) is 0 Å². The van der Waals surface area contributed by atoms with E-state index in [1.165, 1.54) is 25.6 Å². The number of hydrogen-bond donors (Lipinski definition) is 0. The first kappa shape index (κ1) is 8.42. The van der Waals surface area contributed by atoms with Crippen molar-refractivity contribution in [3.63, 3.8) is 0 Å². The third kappa shape index (κ3) is 1.55. The molecule has 1 aromatic carbocycles. The highest BCUT2D eigenvalue weighted by atomic mass is 19.1. The topological polar surface area (TPSA) is 3.24 Å². The highest BCUT2D eigenvalue weighted by Crippen LogP contribution is 2.45. The van der Waals surface area contributed by atoms with Gasteiger partial charge in [-0.05, 0) is 36.0 Å². The van der Waals surface area contributed by atoms with E-state index in [0.29, 0.717) is 0 Å². The van der Waals surface area contributed by atoms with Gasteiger partial charge in [-0.2, -0.15) is 0 Å². The molecule has 2 aliphatic rings. The Labute approximate surface area is 83.5 Å². The quantitative estimate of drug-likeness (QED) is 0.693. The normalized spacial score (nSPS) is 30.4. The van der Waals surface area contributed by atoms with Crippen LogP contribution in [0.5, 0.6) is 0 Å². The SMILES string of the molecule is Fc1cccc(CN2CC3CC3C2)c1. The number of nitrogens with zero attached hydrogens (tertiary/aromatic N) is 1. The summed E-state index contributed by atoms with van der Waals surface area (Å²) < 4.78 is 12.9. The van der Waals surface area contributed by atoms with E-state index in [-0.39, 0.29) is 5.82 Å². The third-order valence-electron chi connectivity index (χ3n) is 3.35. The van der Waals surface area contributed by atoms with Gasteiger partial charge in [0.1, 0.15) is 5.82 Å². The molecule has 1 aliphatic heterocycles. The molecule has 1 heterocycles. The van der Waals surface area contributed by atoms with Crippen LogP contribution in [0.4, 0.5) is 4.39 Å². The lowest BCUT2D eigenvalue weighted by Gasteiger charge is -2.17. The van der Waals surface area contributed by atoms with E-state index in [0.717, 1.165) is 23.9 Å². The molecule has 2 fully saturated rings. The zero-order valence-corrected chi connectivity index (χ0v) is 8.12. The number of likely N-dealkylation sites (tertiary alicyclic amines) is 1. The monoisotopic (exact) mass is 191 g/mol. The van der Waals surface area contributed by atoms with Gasteiger partial charge in [0.2, 0.25) is 0 Å². The molecule has 1 aliphatic carbocycles. The minimum Gasteiger partial charge on any atom is -0.299 e. The Kier molecular flexibility index (Phi) is 1.84. The zero-order valence-electron chi connectivity index (χ0n) is 8.12. The highest BCUT2D eigenvalue weighted by molar-refractivity contribution is 5.16. The van der Waals surface area contributed by atoms with Gasteiger partial charge >= 0.3 is 0 Å². The number of halogens is 1. The first-order chi connectivity index (χ1) is 6.81. The van der Waals surface area contributed by atoms with E-state index < -0.39 is 0 Å². The van der Waals surface area contributed by atoms with Gasteiger partial charge in [-0.1, -0.05) is 12.1 Å². The molecule has 2 heteroatoms. The average Bonchev–Trinajstić information content (AvgIpc) is 2.74. The summed E-state index contributed by atoms with van der Waals surface area (Å²) >= 11 is 0. The summed E-state index contributed by atoms with van der Waals surface area (Å²) in [5, 5.41) is 0. The van der Waals surface area contributed by atoms with Crippen molar-refractivity contribution in [2.24, 2.45) is 11.8 Å². The average molecular weight is 191 g/mol. The summed E-state index contributed by atoms with van der Waals surface area (Å²) in [5.41, 5.74) is 1.10. The number of rotatable bonds is 2. The molecule has 14 heavy (non-hydrogen) atoms. The van der Waals surface area contributed by atoms with Crippen molar-refractivity contribution in [3.8, 4) is 0 Å². The molecule has 2 atom stereocenters. The predicted molar refractivity (Wildman–Crippen MR) is 53.3 cm³/mol. The molecule has 0 spiro atoms. The molecule has 0 aromatic heterocycles. The van der Waals surface area contributed by atoms with Crippen LogP contribution in [0.25, 0.3) is 0 Å². The smallest absolute Gasteiger partial charge is 0.123 e. The van der Waals surface area contributed by atoms with Crippen LogP contribution < -0.4 is 0 Å². The van der Waals surface area contributed by atoms with Crippen LogP contribution in [-0.4, -0.2) is 18.0 Å². The van der Waals surface area contributed by atoms with Crippen molar-refractivity contribution in [3.05, 3.63) is 35.6 Å². The van der Waals surface area contributed by atoms with E-state index in [1.54, 1.807) is 12.1 Å². The Balaban J connectivity index is 1.66. The maximum absolute atomic E-state index is 12.9. The molecular formula is C12H14FN. The Bertz CT molecular complexity index is 340. The van der Waals surface area contributed by atoms with Crippen LogP contribution in [0.1, 0.15) is 12.0 Å². The van der Waals surface area contributed by atoms with E-state index in [9.17, 15) is 4.39 Å². The highest BCUT2D eigenvalue weighted by Gasteiger charge is 2.44. The van der Waals surface area contributed by atoms with Gasteiger partial charge in [0.05, 0.1) is 0 Å². The summed E-state index contributed by atoms with van der Waals surface area (Å²) in [7, 11) is 0. The molecule has 0 radical (unpaired) electrons. The van der Waals surface area contributed by atoms with Crippen molar-refractivity contribution in [1.82, 2.24) is 4.90 Å². The maximum Gasteiger partial charge on any atom is 0.123 e. The summed E-state index contributed by atoms with van der Waals surface area (Å²) in [6.45, 7) is 3.37. The van der Waals surface area contributed by atoms with Crippen molar-refractivity contribution >= 4 is 0 Å². The van der Waals surface area contributed by atoms with E-state index in [1.807, 2.05) is 6.07 Å². The second-order valence-electron chi connectivity index (χ2n) is 4.58. The molecule has 0 N–H and O–H groups in total. The number of piperidine rings is 1. The van der Waals surface area contributed by atoms with Crippen molar-refractivity contribution in [1.29, 1.82) is 0 Å². The fraction of sp³-hybridized carbons (Fsp3) is 0.500. The fourth-order valence-electron chi connectivity index (χ4n) is 2.52.